The fourth-order valence-corrected chi connectivity index (χ4v) is 5.19. The molecule has 2 aliphatic heterocycles. The van der Waals surface area contributed by atoms with Crippen LogP contribution in [0.5, 0.6) is 0 Å². The van der Waals surface area contributed by atoms with Crippen molar-refractivity contribution in [2.75, 3.05) is 13.1 Å². The maximum atomic E-state index is 12.9. The molecule has 2 unspecified atom stereocenters. The molecule has 1 N–H and O–H groups in total. The molecule has 2 saturated heterocycles. The van der Waals surface area contributed by atoms with Crippen LogP contribution in [0.4, 0.5) is 0 Å². The summed E-state index contributed by atoms with van der Waals surface area (Å²) in [7, 11) is -3.52. The van der Waals surface area contributed by atoms with Crippen LogP contribution in [0.15, 0.2) is 65.6 Å². The van der Waals surface area contributed by atoms with E-state index in [0.717, 1.165) is 24.0 Å². The van der Waals surface area contributed by atoms with Crippen LogP contribution in [0.25, 0.3) is 6.08 Å². The highest BCUT2D eigenvalue weighted by atomic mass is 32.2. The Hall–Kier alpha value is -2.48. The molecule has 2 bridgehead atoms. The number of ether oxygens (including phenoxy) is 1. The van der Waals surface area contributed by atoms with E-state index < -0.39 is 10.0 Å². The lowest BCUT2D eigenvalue weighted by molar-refractivity contribution is -0.116. The molecule has 0 radical (unpaired) electrons. The van der Waals surface area contributed by atoms with Crippen molar-refractivity contribution >= 4 is 22.0 Å². The van der Waals surface area contributed by atoms with E-state index in [1.54, 1.807) is 30.3 Å². The number of benzene rings is 2. The van der Waals surface area contributed by atoms with Gasteiger partial charge in [-0.2, -0.15) is 4.31 Å². The minimum absolute atomic E-state index is 0.0157. The summed E-state index contributed by atoms with van der Waals surface area (Å²) < 4.78 is 33.0. The summed E-state index contributed by atoms with van der Waals surface area (Å²) in [5, 5.41) is 2.81. The smallest absolute Gasteiger partial charge is 0.244 e. The Kier molecular flexibility index (Phi) is 5.80. The van der Waals surface area contributed by atoms with Gasteiger partial charge in [-0.1, -0.05) is 42.5 Å². The lowest BCUT2D eigenvalue weighted by atomic mass is 10.2. The van der Waals surface area contributed by atoms with Gasteiger partial charge >= 0.3 is 0 Å². The molecular formula is C22H24N2O4S. The number of nitrogens with one attached hydrogen (secondary N) is 1. The normalized spacial score (nSPS) is 22.1. The summed E-state index contributed by atoms with van der Waals surface area (Å²) in [6.45, 7) is 1.18. The standard InChI is InChI=1S/C22H24N2O4S/c25-22(13-8-17-4-2-1-3-5-17)23-14-18-6-11-21(12-7-18)29(26,27)24-15-19-9-10-20(16-24)28-19/h1-8,11-13,19-20H,9-10,14-16H2,(H,23,25). The fourth-order valence-electron chi connectivity index (χ4n) is 3.69. The second-order valence-corrected chi connectivity index (χ2v) is 9.32. The molecule has 0 spiro atoms. The van der Waals surface area contributed by atoms with Crippen LogP contribution in [0, 0.1) is 0 Å². The highest BCUT2D eigenvalue weighted by Crippen LogP contribution is 2.29. The average Bonchev–Trinajstić information content (AvgIpc) is 3.09. The summed E-state index contributed by atoms with van der Waals surface area (Å²) in [6.07, 6.45) is 5.12. The van der Waals surface area contributed by atoms with Gasteiger partial charge < -0.3 is 10.1 Å². The lowest BCUT2D eigenvalue weighted by Crippen LogP contribution is -2.45. The first-order chi connectivity index (χ1) is 14.0. The number of carbonyl (C=O) groups excluding carboxylic acids is 1. The molecule has 0 saturated carbocycles. The lowest BCUT2D eigenvalue weighted by Gasteiger charge is -2.31. The van der Waals surface area contributed by atoms with Crippen molar-refractivity contribution in [2.45, 2.75) is 36.5 Å². The Bertz CT molecular complexity index is 975. The second kappa shape index (κ2) is 8.49. The van der Waals surface area contributed by atoms with Gasteiger partial charge in [0, 0.05) is 25.7 Å². The number of sulfonamides is 1. The van der Waals surface area contributed by atoms with Gasteiger partial charge in [0.05, 0.1) is 17.1 Å². The molecule has 4 rings (SSSR count). The number of hydrogen-bond acceptors (Lipinski definition) is 4. The number of fused-ring (bicyclic) bond motifs is 2. The Balaban J connectivity index is 1.34. The first-order valence-electron chi connectivity index (χ1n) is 9.76. The zero-order valence-electron chi connectivity index (χ0n) is 16.0. The fraction of sp³-hybridized carbons (Fsp3) is 0.318. The molecule has 2 heterocycles. The van der Waals surface area contributed by atoms with Crippen LogP contribution in [0.2, 0.25) is 0 Å². The van der Waals surface area contributed by atoms with Gasteiger partial charge in [0.15, 0.2) is 0 Å². The third-order valence-corrected chi connectivity index (χ3v) is 7.11. The monoisotopic (exact) mass is 412 g/mol. The molecule has 0 aliphatic carbocycles. The third-order valence-electron chi connectivity index (χ3n) is 5.26. The first kappa shape index (κ1) is 19.8. The minimum atomic E-state index is -3.52. The molecule has 29 heavy (non-hydrogen) atoms. The molecule has 2 aromatic rings. The molecular weight excluding hydrogens is 388 g/mol. The van der Waals surface area contributed by atoms with E-state index in [0.29, 0.717) is 19.6 Å². The molecule has 2 aliphatic rings. The Labute approximate surface area is 171 Å². The number of morpholine rings is 1. The van der Waals surface area contributed by atoms with Crippen LogP contribution in [0.1, 0.15) is 24.0 Å². The minimum Gasteiger partial charge on any atom is -0.372 e. The summed E-state index contributed by atoms with van der Waals surface area (Å²) >= 11 is 0. The Morgan fingerprint density at radius 2 is 1.69 bits per heavy atom. The van der Waals surface area contributed by atoms with Gasteiger partial charge in [-0.3, -0.25) is 4.79 Å². The van der Waals surface area contributed by atoms with Crippen LogP contribution in [-0.2, 0) is 26.1 Å². The molecule has 2 aromatic carbocycles. The predicted octanol–water partition coefficient (Wildman–Crippen LogP) is 2.57. The van der Waals surface area contributed by atoms with Crippen LogP contribution < -0.4 is 5.32 Å². The van der Waals surface area contributed by atoms with E-state index in [1.165, 1.54) is 10.4 Å². The van der Waals surface area contributed by atoms with E-state index >= 15 is 0 Å². The zero-order chi connectivity index (χ0) is 20.3. The number of nitrogens with zero attached hydrogens (tertiary/aromatic N) is 1. The van der Waals surface area contributed by atoms with Crippen LogP contribution in [-0.4, -0.2) is 43.9 Å². The van der Waals surface area contributed by atoms with Crippen molar-refractivity contribution < 1.29 is 17.9 Å². The van der Waals surface area contributed by atoms with Gasteiger partial charge in [0.1, 0.15) is 0 Å². The molecule has 0 aromatic heterocycles. The van der Waals surface area contributed by atoms with Gasteiger partial charge in [0.2, 0.25) is 15.9 Å². The van der Waals surface area contributed by atoms with Gasteiger partial charge in [0.25, 0.3) is 0 Å². The molecule has 2 fully saturated rings. The highest BCUT2D eigenvalue weighted by molar-refractivity contribution is 7.89. The van der Waals surface area contributed by atoms with Crippen LogP contribution in [0.3, 0.4) is 0 Å². The van der Waals surface area contributed by atoms with Crippen molar-refractivity contribution in [1.82, 2.24) is 9.62 Å². The van der Waals surface area contributed by atoms with Gasteiger partial charge in [-0.25, -0.2) is 8.42 Å². The van der Waals surface area contributed by atoms with Crippen molar-refractivity contribution in [3.05, 3.63) is 71.8 Å². The maximum Gasteiger partial charge on any atom is 0.244 e. The van der Waals surface area contributed by atoms with Crippen molar-refractivity contribution in [3.8, 4) is 0 Å². The summed E-state index contributed by atoms with van der Waals surface area (Å²) in [4.78, 5) is 12.3. The number of amides is 1. The second-order valence-electron chi connectivity index (χ2n) is 7.39. The number of rotatable bonds is 6. The highest BCUT2D eigenvalue weighted by Gasteiger charge is 2.39. The largest absolute Gasteiger partial charge is 0.372 e. The Morgan fingerprint density at radius 1 is 1.03 bits per heavy atom. The molecule has 2 atom stereocenters. The molecule has 152 valence electrons. The molecule has 7 heteroatoms. The zero-order valence-corrected chi connectivity index (χ0v) is 16.8. The van der Waals surface area contributed by atoms with E-state index in [1.807, 2.05) is 30.3 Å². The van der Waals surface area contributed by atoms with E-state index in [2.05, 4.69) is 5.32 Å². The molecule has 6 nitrogen and oxygen atoms in total. The van der Waals surface area contributed by atoms with Gasteiger partial charge in [-0.15, -0.1) is 0 Å². The number of carbonyl (C=O) groups is 1. The quantitative estimate of drug-likeness (QED) is 0.740. The topological polar surface area (TPSA) is 75.7 Å². The third kappa shape index (κ3) is 4.75. The predicted molar refractivity (Wildman–Crippen MR) is 110 cm³/mol. The summed E-state index contributed by atoms with van der Waals surface area (Å²) in [5.41, 5.74) is 1.79. The van der Waals surface area contributed by atoms with Crippen molar-refractivity contribution in [2.24, 2.45) is 0 Å². The SMILES string of the molecule is O=C(C=Cc1ccccc1)NCc1ccc(S(=O)(=O)N2CC3CCC(C2)O3)cc1. The van der Waals surface area contributed by atoms with E-state index in [-0.39, 0.29) is 23.0 Å². The van der Waals surface area contributed by atoms with Crippen molar-refractivity contribution in [3.63, 3.8) is 0 Å². The molecule has 1 amide bonds. The average molecular weight is 413 g/mol. The van der Waals surface area contributed by atoms with E-state index in [4.69, 9.17) is 4.74 Å². The Morgan fingerprint density at radius 3 is 2.34 bits per heavy atom. The first-order valence-corrected chi connectivity index (χ1v) is 11.2. The summed E-state index contributed by atoms with van der Waals surface area (Å²) in [6, 6.07) is 16.3. The van der Waals surface area contributed by atoms with Crippen molar-refractivity contribution in [1.29, 1.82) is 0 Å². The maximum absolute atomic E-state index is 12.9. The number of hydrogen-bond donors (Lipinski definition) is 1. The van der Waals surface area contributed by atoms with E-state index in [9.17, 15) is 13.2 Å². The summed E-state index contributed by atoms with van der Waals surface area (Å²) in [5.74, 6) is -0.200. The van der Waals surface area contributed by atoms with Gasteiger partial charge in [-0.05, 0) is 42.2 Å². The van der Waals surface area contributed by atoms with Crippen LogP contribution >= 0.6 is 0 Å².